The molecule has 0 spiro atoms. The van der Waals surface area contributed by atoms with Gasteiger partial charge in [0, 0.05) is 24.0 Å². The standard InChI is InChI=1S/C24H25N3O3/c1-18-8-6-7-11-22(18)30-17-16-27(2)23(28)19-12-14-21(15-13-19)26-24(29)25-20-9-4-3-5-10-20/h3-15H,16-17H2,1-2H3,(H2,25,26,29). The van der Waals surface area contributed by atoms with Crippen LogP contribution in [0.25, 0.3) is 0 Å². The van der Waals surface area contributed by atoms with Crippen molar-refractivity contribution in [1.82, 2.24) is 4.90 Å². The van der Waals surface area contributed by atoms with Gasteiger partial charge in [-0.05, 0) is 55.0 Å². The minimum absolute atomic E-state index is 0.108. The molecule has 0 saturated carbocycles. The van der Waals surface area contributed by atoms with Gasteiger partial charge >= 0.3 is 6.03 Å². The zero-order valence-electron chi connectivity index (χ0n) is 17.1. The quantitative estimate of drug-likeness (QED) is 0.596. The van der Waals surface area contributed by atoms with Gasteiger partial charge in [-0.3, -0.25) is 4.79 Å². The lowest BCUT2D eigenvalue weighted by Gasteiger charge is -2.18. The average molecular weight is 403 g/mol. The van der Waals surface area contributed by atoms with Crippen LogP contribution < -0.4 is 15.4 Å². The topological polar surface area (TPSA) is 70.7 Å². The third-order valence-electron chi connectivity index (χ3n) is 4.55. The number of ether oxygens (including phenoxy) is 1. The van der Waals surface area contributed by atoms with Gasteiger partial charge in [-0.1, -0.05) is 36.4 Å². The Bertz CT molecular complexity index is 988. The second-order valence-electron chi connectivity index (χ2n) is 6.86. The summed E-state index contributed by atoms with van der Waals surface area (Å²) in [6.45, 7) is 2.86. The van der Waals surface area contributed by atoms with Crippen LogP contribution >= 0.6 is 0 Å². The van der Waals surface area contributed by atoms with Crippen molar-refractivity contribution in [2.45, 2.75) is 6.92 Å². The Morgan fingerprint density at radius 2 is 1.43 bits per heavy atom. The van der Waals surface area contributed by atoms with Gasteiger partial charge in [0.25, 0.3) is 5.91 Å². The van der Waals surface area contributed by atoms with Gasteiger partial charge < -0.3 is 20.3 Å². The van der Waals surface area contributed by atoms with E-state index in [0.717, 1.165) is 11.3 Å². The highest BCUT2D eigenvalue weighted by molar-refractivity contribution is 6.00. The maximum atomic E-state index is 12.6. The molecule has 0 radical (unpaired) electrons. The Balaban J connectivity index is 1.49. The number of para-hydroxylation sites is 2. The first-order valence-electron chi connectivity index (χ1n) is 9.70. The number of carbonyl (C=O) groups excluding carboxylic acids is 2. The molecular weight excluding hydrogens is 378 g/mol. The Hall–Kier alpha value is -3.80. The molecule has 0 unspecified atom stereocenters. The Kier molecular flexibility index (Phi) is 7.05. The molecular formula is C24H25N3O3. The Morgan fingerprint density at radius 1 is 0.833 bits per heavy atom. The number of anilines is 2. The molecule has 3 aromatic rings. The maximum absolute atomic E-state index is 12.6. The van der Waals surface area contributed by atoms with Crippen molar-refractivity contribution in [2.24, 2.45) is 0 Å². The molecule has 0 aromatic heterocycles. The number of amides is 3. The first-order valence-corrected chi connectivity index (χ1v) is 9.70. The molecule has 3 rings (SSSR count). The maximum Gasteiger partial charge on any atom is 0.323 e. The van der Waals surface area contributed by atoms with Crippen LogP contribution in [-0.4, -0.2) is 37.0 Å². The van der Waals surface area contributed by atoms with E-state index in [1.165, 1.54) is 0 Å². The zero-order valence-corrected chi connectivity index (χ0v) is 17.1. The Labute approximate surface area is 176 Å². The van der Waals surface area contributed by atoms with E-state index < -0.39 is 0 Å². The predicted octanol–water partition coefficient (Wildman–Crippen LogP) is 4.79. The van der Waals surface area contributed by atoms with Gasteiger partial charge in [0.1, 0.15) is 12.4 Å². The highest BCUT2D eigenvalue weighted by atomic mass is 16.5. The fourth-order valence-electron chi connectivity index (χ4n) is 2.84. The second-order valence-corrected chi connectivity index (χ2v) is 6.86. The zero-order chi connectivity index (χ0) is 21.3. The molecule has 6 nitrogen and oxygen atoms in total. The first-order chi connectivity index (χ1) is 14.5. The van der Waals surface area contributed by atoms with Crippen LogP contribution in [0.15, 0.2) is 78.9 Å². The lowest BCUT2D eigenvalue weighted by Crippen LogP contribution is -2.31. The molecule has 3 amide bonds. The summed E-state index contributed by atoms with van der Waals surface area (Å²) < 4.78 is 5.76. The SMILES string of the molecule is Cc1ccccc1OCCN(C)C(=O)c1ccc(NC(=O)Nc2ccccc2)cc1. The fraction of sp³-hybridized carbons (Fsp3) is 0.167. The molecule has 0 saturated heterocycles. The molecule has 0 atom stereocenters. The third-order valence-corrected chi connectivity index (χ3v) is 4.55. The van der Waals surface area contributed by atoms with E-state index in [1.54, 1.807) is 48.3 Å². The summed E-state index contributed by atoms with van der Waals surface area (Å²) >= 11 is 0. The fourth-order valence-corrected chi connectivity index (χ4v) is 2.84. The number of carbonyl (C=O) groups is 2. The summed E-state index contributed by atoms with van der Waals surface area (Å²) in [6.07, 6.45) is 0. The summed E-state index contributed by atoms with van der Waals surface area (Å²) in [5.74, 6) is 0.714. The lowest BCUT2D eigenvalue weighted by molar-refractivity contribution is 0.0773. The van der Waals surface area contributed by atoms with Crippen molar-refractivity contribution in [1.29, 1.82) is 0 Å². The summed E-state index contributed by atoms with van der Waals surface area (Å²) in [6, 6.07) is 23.4. The van der Waals surface area contributed by atoms with Crippen LogP contribution in [0.4, 0.5) is 16.2 Å². The van der Waals surface area contributed by atoms with E-state index in [4.69, 9.17) is 4.74 Å². The van der Waals surface area contributed by atoms with E-state index in [9.17, 15) is 9.59 Å². The molecule has 154 valence electrons. The highest BCUT2D eigenvalue weighted by Crippen LogP contribution is 2.16. The molecule has 0 fully saturated rings. The second kappa shape index (κ2) is 10.1. The molecule has 0 bridgehead atoms. The van der Waals surface area contributed by atoms with Crippen LogP contribution in [0.3, 0.4) is 0 Å². The molecule has 0 aliphatic rings. The summed E-state index contributed by atoms with van der Waals surface area (Å²) in [7, 11) is 1.74. The van der Waals surface area contributed by atoms with Crippen LogP contribution in [-0.2, 0) is 0 Å². The van der Waals surface area contributed by atoms with Crippen LogP contribution in [0, 0.1) is 6.92 Å². The van der Waals surface area contributed by atoms with E-state index in [2.05, 4.69) is 10.6 Å². The molecule has 0 aliphatic carbocycles. The largest absolute Gasteiger partial charge is 0.491 e. The third kappa shape index (κ3) is 5.85. The minimum Gasteiger partial charge on any atom is -0.491 e. The van der Waals surface area contributed by atoms with Gasteiger partial charge in [0.05, 0.1) is 6.54 Å². The minimum atomic E-state index is -0.342. The number of aryl methyl sites for hydroxylation is 1. The number of urea groups is 1. The van der Waals surface area contributed by atoms with Crippen molar-refractivity contribution in [3.63, 3.8) is 0 Å². The summed E-state index contributed by atoms with van der Waals surface area (Å²) in [4.78, 5) is 26.3. The van der Waals surface area contributed by atoms with Crippen LogP contribution in [0.5, 0.6) is 5.75 Å². The van der Waals surface area contributed by atoms with Gasteiger partial charge in [0.2, 0.25) is 0 Å². The molecule has 2 N–H and O–H groups in total. The van der Waals surface area contributed by atoms with Crippen LogP contribution in [0.2, 0.25) is 0 Å². The number of nitrogens with one attached hydrogen (secondary N) is 2. The number of benzene rings is 3. The monoisotopic (exact) mass is 403 g/mol. The van der Waals surface area contributed by atoms with Gasteiger partial charge in [-0.2, -0.15) is 0 Å². The van der Waals surface area contributed by atoms with Crippen molar-refractivity contribution >= 4 is 23.3 Å². The smallest absolute Gasteiger partial charge is 0.323 e. The van der Waals surface area contributed by atoms with Crippen molar-refractivity contribution in [2.75, 3.05) is 30.8 Å². The number of hydrogen-bond acceptors (Lipinski definition) is 3. The van der Waals surface area contributed by atoms with E-state index in [1.807, 2.05) is 49.4 Å². The normalized spacial score (nSPS) is 10.2. The molecule has 30 heavy (non-hydrogen) atoms. The Morgan fingerprint density at radius 3 is 2.10 bits per heavy atom. The number of likely N-dealkylation sites (N-methyl/N-ethyl adjacent to an activating group) is 1. The van der Waals surface area contributed by atoms with Gasteiger partial charge in [-0.25, -0.2) is 4.79 Å². The lowest BCUT2D eigenvalue weighted by atomic mass is 10.2. The number of hydrogen-bond donors (Lipinski definition) is 2. The highest BCUT2D eigenvalue weighted by Gasteiger charge is 2.12. The van der Waals surface area contributed by atoms with Crippen LogP contribution in [0.1, 0.15) is 15.9 Å². The molecule has 0 aliphatic heterocycles. The predicted molar refractivity (Wildman–Crippen MR) is 119 cm³/mol. The van der Waals surface area contributed by atoms with E-state index in [-0.39, 0.29) is 11.9 Å². The van der Waals surface area contributed by atoms with Gasteiger partial charge in [0.15, 0.2) is 0 Å². The number of nitrogens with zero attached hydrogens (tertiary/aromatic N) is 1. The molecule has 0 heterocycles. The summed E-state index contributed by atoms with van der Waals surface area (Å²) in [5, 5.41) is 5.50. The molecule has 3 aromatic carbocycles. The van der Waals surface area contributed by atoms with E-state index >= 15 is 0 Å². The van der Waals surface area contributed by atoms with Crippen molar-refractivity contribution < 1.29 is 14.3 Å². The van der Waals surface area contributed by atoms with Crippen molar-refractivity contribution in [3.8, 4) is 5.75 Å². The van der Waals surface area contributed by atoms with Crippen molar-refractivity contribution in [3.05, 3.63) is 90.0 Å². The van der Waals surface area contributed by atoms with E-state index in [0.29, 0.717) is 30.1 Å². The molecule has 6 heteroatoms. The summed E-state index contributed by atoms with van der Waals surface area (Å²) in [5.41, 5.74) is 2.91. The number of rotatable bonds is 7. The first kappa shape index (κ1) is 20.9. The van der Waals surface area contributed by atoms with Gasteiger partial charge in [-0.15, -0.1) is 0 Å². The average Bonchev–Trinajstić information content (AvgIpc) is 2.75.